The standard InChI is InChI=1S/C35H34ClF3N5O5/c36-29-11-9-27(10-12-29)33(47)43-21-28-8-5-25(20-41-17-13-40-14-18-41)19-30(28)44(31(45)22-43,49-34(48)35(37,38)39)23-24-3-6-26(7-4-24)32(46)42-15-1-2-16-42/h1-12,19,40H,13-18,20-23H2/q+1. The number of carbonyl (C=O) groups excluding carboxylic acids is 4. The van der Waals surface area contributed by atoms with Crippen molar-refractivity contribution in [1.29, 1.82) is 0 Å². The lowest BCUT2D eigenvalue weighted by molar-refractivity contribution is -0.235. The topological polar surface area (TPSA) is 99.3 Å². The zero-order valence-corrected chi connectivity index (χ0v) is 27.2. The van der Waals surface area contributed by atoms with Crippen LogP contribution in [0.1, 0.15) is 37.4 Å². The van der Waals surface area contributed by atoms with Crippen LogP contribution in [0.4, 0.5) is 18.9 Å². The normalized spacial score (nSPS) is 19.8. The average molecular weight is 697 g/mol. The maximum absolute atomic E-state index is 14.4. The lowest BCUT2D eigenvalue weighted by Crippen LogP contribution is -2.58. The molecule has 0 saturated carbocycles. The van der Waals surface area contributed by atoms with E-state index in [0.29, 0.717) is 46.9 Å². The third-order valence-electron chi connectivity index (χ3n) is 8.81. The molecule has 6 rings (SSSR count). The fourth-order valence-corrected chi connectivity index (χ4v) is 6.36. The summed E-state index contributed by atoms with van der Waals surface area (Å²) in [6.45, 7) is 3.04. The van der Waals surface area contributed by atoms with Gasteiger partial charge in [0, 0.05) is 79.2 Å². The number of nitrogens with one attached hydrogen (secondary N) is 1. The minimum Gasteiger partial charge on any atom is -0.331 e. The SMILES string of the molecule is O=C(c1ccc(C[N+]2(OC(=O)C(F)(F)F)C(=O)CN(C(=O)c3ccc(Cl)cc3)Cc3ccc(CN4CCNCC4)cc32)cc1)N1CC=CC1. The Kier molecular flexibility index (Phi) is 9.89. The van der Waals surface area contributed by atoms with Crippen molar-refractivity contribution in [3.8, 4) is 0 Å². The molecule has 3 aromatic carbocycles. The Morgan fingerprint density at radius 2 is 1.41 bits per heavy atom. The first-order chi connectivity index (χ1) is 23.4. The number of carbonyl (C=O) groups is 4. The predicted molar refractivity (Wildman–Crippen MR) is 175 cm³/mol. The summed E-state index contributed by atoms with van der Waals surface area (Å²) in [7, 11) is 0. The van der Waals surface area contributed by atoms with Crippen molar-refractivity contribution < 1.29 is 37.2 Å². The van der Waals surface area contributed by atoms with Crippen molar-refractivity contribution in [2.45, 2.75) is 25.8 Å². The van der Waals surface area contributed by atoms with Crippen LogP contribution < -0.4 is 9.96 Å². The maximum atomic E-state index is 14.4. The number of rotatable bonds is 7. The minimum atomic E-state index is -5.42. The first-order valence-electron chi connectivity index (χ1n) is 15.8. The number of quaternary nitrogens is 1. The van der Waals surface area contributed by atoms with Crippen molar-refractivity contribution in [3.05, 3.63) is 112 Å². The predicted octanol–water partition coefficient (Wildman–Crippen LogP) is 4.47. The summed E-state index contributed by atoms with van der Waals surface area (Å²) < 4.78 is 40.3. The second-order valence-corrected chi connectivity index (χ2v) is 12.6. The van der Waals surface area contributed by atoms with E-state index < -0.39 is 41.7 Å². The van der Waals surface area contributed by atoms with Crippen LogP contribution in [0.2, 0.25) is 5.02 Å². The Morgan fingerprint density at radius 1 is 0.816 bits per heavy atom. The Hall–Kier alpha value is -4.56. The molecule has 1 unspecified atom stereocenters. The Labute approximate surface area is 285 Å². The summed E-state index contributed by atoms with van der Waals surface area (Å²) in [6, 6.07) is 17.2. The van der Waals surface area contributed by atoms with Crippen molar-refractivity contribution in [2.75, 3.05) is 45.8 Å². The molecule has 256 valence electrons. The van der Waals surface area contributed by atoms with Crippen molar-refractivity contribution in [3.63, 3.8) is 0 Å². The van der Waals surface area contributed by atoms with Gasteiger partial charge in [0.25, 0.3) is 11.8 Å². The number of fused-ring (bicyclic) bond motifs is 1. The highest BCUT2D eigenvalue weighted by molar-refractivity contribution is 6.30. The molecule has 3 aliphatic rings. The van der Waals surface area contributed by atoms with E-state index in [2.05, 4.69) is 10.2 Å². The fourth-order valence-electron chi connectivity index (χ4n) is 6.23. The van der Waals surface area contributed by atoms with Gasteiger partial charge in [-0.3, -0.25) is 19.3 Å². The number of nitrogens with zero attached hydrogens (tertiary/aromatic N) is 4. The molecule has 14 heteroatoms. The van der Waals surface area contributed by atoms with Gasteiger partial charge in [-0.2, -0.15) is 13.2 Å². The molecule has 3 amide bonds. The number of amides is 3. The molecule has 1 N–H and O–H groups in total. The van der Waals surface area contributed by atoms with E-state index in [1.165, 1.54) is 53.4 Å². The molecule has 10 nitrogen and oxygen atoms in total. The van der Waals surface area contributed by atoms with Gasteiger partial charge in [0.15, 0.2) is 12.2 Å². The van der Waals surface area contributed by atoms with Gasteiger partial charge >= 0.3 is 18.1 Å². The molecule has 0 aliphatic carbocycles. The summed E-state index contributed by atoms with van der Waals surface area (Å²) in [5.74, 6) is -4.29. The van der Waals surface area contributed by atoms with Crippen LogP contribution in [0.15, 0.2) is 78.9 Å². The fraction of sp³-hybridized carbons (Fsp3) is 0.314. The largest absolute Gasteiger partial charge is 0.497 e. The number of benzene rings is 3. The highest BCUT2D eigenvalue weighted by atomic mass is 35.5. The van der Waals surface area contributed by atoms with Gasteiger partial charge in [-0.25, -0.2) is 9.59 Å². The van der Waals surface area contributed by atoms with E-state index >= 15 is 0 Å². The van der Waals surface area contributed by atoms with Gasteiger partial charge in [-0.15, -0.1) is 0 Å². The van der Waals surface area contributed by atoms with Crippen LogP contribution in [0.25, 0.3) is 0 Å². The Morgan fingerprint density at radius 3 is 2.04 bits per heavy atom. The first-order valence-corrected chi connectivity index (χ1v) is 16.2. The van der Waals surface area contributed by atoms with Crippen LogP contribution in [-0.4, -0.2) is 90.4 Å². The molecular formula is C35H34ClF3N5O5+. The summed E-state index contributed by atoms with van der Waals surface area (Å²) in [6.07, 6.45) is -1.68. The van der Waals surface area contributed by atoms with Crippen LogP contribution in [0.5, 0.6) is 0 Å². The van der Waals surface area contributed by atoms with Gasteiger partial charge < -0.3 is 15.1 Å². The highest BCUT2D eigenvalue weighted by Crippen LogP contribution is 2.38. The molecular weight excluding hydrogens is 663 g/mol. The number of hydrogen-bond acceptors (Lipinski definition) is 7. The smallest absolute Gasteiger partial charge is 0.331 e. The molecule has 49 heavy (non-hydrogen) atoms. The molecule has 3 aromatic rings. The van der Waals surface area contributed by atoms with E-state index in [4.69, 9.17) is 16.4 Å². The molecule has 1 atom stereocenters. The zero-order valence-electron chi connectivity index (χ0n) is 26.4. The maximum Gasteiger partial charge on any atom is 0.497 e. The lowest BCUT2D eigenvalue weighted by atomic mass is 10.0. The summed E-state index contributed by atoms with van der Waals surface area (Å²) in [5, 5.41) is 3.67. The van der Waals surface area contributed by atoms with Gasteiger partial charge in [0.05, 0.1) is 6.54 Å². The van der Waals surface area contributed by atoms with E-state index in [1.54, 1.807) is 23.1 Å². The molecule has 0 radical (unpaired) electrons. The van der Waals surface area contributed by atoms with Crippen LogP contribution in [0, 0.1) is 0 Å². The van der Waals surface area contributed by atoms with E-state index in [-0.39, 0.29) is 23.7 Å². The number of piperazine rings is 1. The lowest BCUT2D eigenvalue weighted by Gasteiger charge is -2.32. The van der Waals surface area contributed by atoms with Crippen molar-refractivity contribution in [2.24, 2.45) is 0 Å². The second kappa shape index (κ2) is 14.1. The molecule has 3 heterocycles. The quantitative estimate of drug-likeness (QED) is 0.288. The Bertz CT molecular complexity index is 1770. The molecule has 0 spiro atoms. The second-order valence-electron chi connectivity index (χ2n) is 12.2. The van der Waals surface area contributed by atoms with Crippen molar-refractivity contribution in [1.82, 2.24) is 24.7 Å². The van der Waals surface area contributed by atoms with E-state index in [1.807, 2.05) is 12.2 Å². The minimum absolute atomic E-state index is 0.0185. The molecule has 1 saturated heterocycles. The summed E-state index contributed by atoms with van der Waals surface area (Å²) in [5.41, 5.74) is 1.94. The number of alkyl halides is 3. The number of halogens is 4. The van der Waals surface area contributed by atoms with Gasteiger partial charge in [-0.1, -0.05) is 48.0 Å². The number of hydroxylamine groups is 2. The third-order valence-corrected chi connectivity index (χ3v) is 9.06. The van der Waals surface area contributed by atoms with Gasteiger partial charge in [-0.05, 0) is 46.6 Å². The molecule has 1 fully saturated rings. The zero-order chi connectivity index (χ0) is 34.8. The third kappa shape index (κ3) is 7.54. The van der Waals surface area contributed by atoms with Crippen LogP contribution >= 0.6 is 11.6 Å². The number of hydrogen-bond donors (Lipinski definition) is 1. The van der Waals surface area contributed by atoms with E-state index in [0.717, 1.165) is 26.2 Å². The Balaban J connectivity index is 1.43. The van der Waals surface area contributed by atoms with E-state index in [9.17, 15) is 32.3 Å². The van der Waals surface area contributed by atoms with Gasteiger partial charge in [0.2, 0.25) is 0 Å². The summed E-state index contributed by atoms with van der Waals surface area (Å²) >= 11 is 6.01. The monoisotopic (exact) mass is 696 g/mol. The highest BCUT2D eigenvalue weighted by Gasteiger charge is 2.55. The summed E-state index contributed by atoms with van der Waals surface area (Å²) in [4.78, 5) is 64.0. The molecule has 0 aromatic heterocycles. The first kappa shape index (κ1) is 34.3. The van der Waals surface area contributed by atoms with Gasteiger partial charge in [0.1, 0.15) is 6.54 Å². The van der Waals surface area contributed by atoms with Crippen molar-refractivity contribution >= 4 is 41.0 Å². The van der Waals surface area contributed by atoms with Crippen LogP contribution in [-0.2, 0) is 34.1 Å². The average Bonchev–Trinajstić information content (AvgIpc) is 3.60. The van der Waals surface area contributed by atoms with Crippen LogP contribution in [0.3, 0.4) is 0 Å². The molecule has 3 aliphatic heterocycles. The molecule has 0 bridgehead atoms.